The second-order valence-electron chi connectivity index (χ2n) is 10.1. The molecule has 5 rings (SSSR count). The normalized spacial score (nSPS) is 14.5. The van der Waals surface area contributed by atoms with Gasteiger partial charge < -0.3 is 10.6 Å². The van der Waals surface area contributed by atoms with Gasteiger partial charge in [0.05, 0.1) is 12.1 Å². The predicted octanol–water partition coefficient (Wildman–Crippen LogP) is 5.86. The molecule has 0 saturated heterocycles. The number of benzene rings is 4. The van der Waals surface area contributed by atoms with Crippen LogP contribution in [0.15, 0.2) is 102 Å². The molecule has 0 atom stereocenters. The molecule has 0 aliphatic carbocycles. The van der Waals surface area contributed by atoms with Crippen LogP contribution in [0.2, 0.25) is 0 Å². The minimum absolute atomic E-state index is 0.0495. The standard InChI is InChI=1S/C32H25F5N4O2/c1-40(19-22-6-2-3-8-27(22)32(35,36)37)28(42)21-7-4-5-20(17-21)18-41-29(43)31(39-30(41)38,23-9-13-25(33)14-10-23)24-11-15-26(34)16-12-24/h2-17H,18-19H2,1H3,(H2,38,39). The summed E-state index contributed by atoms with van der Waals surface area (Å²) in [6, 6.07) is 21.7. The van der Waals surface area contributed by atoms with E-state index in [1.165, 1.54) is 95.7 Å². The van der Waals surface area contributed by atoms with Crippen LogP contribution >= 0.6 is 0 Å². The highest BCUT2D eigenvalue weighted by Crippen LogP contribution is 2.40. The number of carbonyl (C=O) groups is 2. The smallest absolute Gasteiger partial charge is 0.369 e. The number of amides is 2. The fourth-order valence-electron chi connectivity index (χ4n) is 5.12. The lowest BCUT2D eigenvalue weighted by Gasteiger charge is -2.27. The Bertz CT molecular complexity index is 1660. The number of hydrogen-bond acceptors (Lipinski definition) is 4. The molecule has 1 aliphatic heterocycles. The monoisotopic (exact) mass is 592 g/mol. The van der Waals surface area contributed by atoms with Gasteiger partial charge in [-0.3, -0.25) is 14.5 Å². The van der Waals surface area contributed by atoms with Crippen LogP contribution in [0.1, 0.15) is 38.2 Å². The van der Waals surface area contributed by atoms with E-state index >= 15 is 0 Å². The fourth-order valence-corrected chi connectivity index (χ4v) is 5.12. The number of nitrogens with two attached hydrogens (primary N) is 1. The molecule has 2 N–H and O–H groups in total. The number of carbonyl (C=O) groups excluding carboxylic acids is 2. The van der Waals surface area contributed by atoms with Crippen molar-refractivity contribution >= 4 is 17.8 Å². The summed E-state index contributed by atoms with van der Waals surface area (Å²) in [5.41, 5.74) is 5.00. The van der Waals surface area contributed by atoms with E-state index in [2.05, 4.69) is 4.99 Å². The van der Waals surface area contributed by atoms with Crippen molar-refractivity contribution in [1.29, 1.82) is 0 Å². The van der Waals surface area contributed by atoms with Gasteiger partial charge >= 0.3 is 6.18 Å². The molecule has 4 aromatic carbocycles. The molecule has 0 unspecified atom stereocenters. The summed E-state index contributed by atoms with van der Waals surface area (Å²) >= 11 is 0. The Hall–Kier alpha value is -5.06. The van der Waals surface area contributed by atoms with Gasteiger partial charge in [-0.05, 0) is 64.7 Å². The van der Waals surface area contributed by atoms with Crippen LogP contribution < -0.4 is 5.73 Å². The Balaban J connectivity index is 1.41. The first-order chi connectivity index (χ1) is 20.4. The van der Waals surface area contributed by atoms with Gasteiger partial charge in [0.2, 0.25) is 0 Å². The molecular formula is C32H25F5N4O2. The van der Waals surface area contributed by atoms with Crippen molar-refractivity contribution in [2.75, 3.05) is 7.05 Å². The summed E-state index contributed by atoms with van der Waals surface area (Å²) < 4.78 is 67.9. The van der Waals surface area contributed by atoms with Crippen molar-refractivity contribution in [2.24, 2.45) is 10.7 Å². The summed E-state index contributed by atoms with van der Waals surface area (Å²) in [4.78, 5) is 34.1. The van der Waals surface area contributed by atoms with Crippen molar-refractivity contribution in [2.45, 2.75) is 24.8 Å². The topological polar surface area (TPSA) is 79.0 Å². The lowest BCUT2D eigenvalue weighted by Crippen LogP contribution is -2.43. The van der Waals surface area contributed by atoms with Crippen molar-refractivity contribution in [3.63, 3.8) is 0 Å². The zero-order valence-corrected chi connectivity index (χ0v) is 22.8. The van der Waals surface area contributed by atoms with E-state index in [0.717, 1.165) is 6.07 Å². The molecule has 11 heteroatoms. The Morgan fingerprint density at radius 3 is 2.05 bits per heavy atom. The average molecular weight is 593 g/mol. The molecule has 43 heavy (non-hydrogen) atoms. The number of halogens is 5. The molecule has 0 bridgehead atoms. The van der Waals surface area contributed by atoms with Gasteiger partial charge in [-0.25, -0.2) is 13.8 Å². The van der Waals surface area contributed by atoms with Gasteiger partial charge in [0.1, 0.15) is 11.6 Å². The molecule has 4 aromatic rings. The number of hydrogen-bond donors (Lipinski definition) is 1. The highest BCUT2D eigenvalue weighted by Gasteiger charge is 2.50. The Morgan fingerprint density at radius 2 is 1.47 bits per heavy atom. The quantitative estimate of drug-likeness (QED) is 0.273. The van der Waals surface area contributed by atoms with Gasteiger partial charge in [-0.2, -0.15) is 13.2 Å². The molecule has 0 fully saturated rings. The fraction of sp³-hybridized carbons (Fsp3) is 0.156. The van der Waals surface area contributed by atoms with Crippen LogP contribution in [0.4, 0.5) is 22.0 Å². The summed E-state index contributed by atoms with van der Waals surface area (Å²) in [5.74, 6) is -2.28. The maximum Gasteiger partial charge on any atom is 0.416 e. The average Bonchev–Trinajstić information content (AvgIpc) is 3.23. The second-order valence-corrected chi connectivity index (χ2v) is 10.1. The van der Waals surface area contributed by atoms with Gasteiger partial charge in [0.15, 0.2) is 11.5 Å². The SMILES string of the molecule is CN(Cc1ccccc1C(F)(F)F)C(=O)c1cccc(CN2C(=O)C(c3ccc(F)cc3)(c3ccc(F)cc3)N=C2N)c1. The van der Waals surface area contributed by atoms with E-state index in [1.807, 2.05) is 0 Å². The number of guanidine groups is 1. The van der Waals surface area contributed by atoms with E-state index in [4.69, 9.17) is 5.73 Å². The highest BCUT2D eigenvalue weighted by atomic mass is 19.4. The zero-order chi connectivity index (χ0) is 30.9. The van der Waals surface area contributed by atoms with Crippen LogP contribution in [-0.4, -0.2) is 34.6 Å². The third-order valence-corrected chi connectivity index (χ3v) is 7.23. The third kappa shape index (κ3) is 5.70. The number of nitrogens with zero attached hydrogens (tertiary/aromatic N) is 3. The third-order valence-electron chi connectivity index (χ3n) is 7.23. The molecule has 6 nitrogen and oxygen atoms in total. The minimum Gasteiger partial charge on any atom is -0.369 e. The van der Waals surface area contributed by atoms with Gasteiger partial charge in [-0.15, -0.1) is 0 Å². The first kappa shape index (κ1) is 29.4. The Morgan fingerprint density at radius 1 is 0.884 bits per heavy atom. The summed E-state index contributed by atoms with van der Waals surface area (Å²) in [5, 5.41) is 0. The van der Waals surface area contributed by atoms with Crippen LogP contribution in [0.3, 0.4) is 0 Å². The lowest BCUT2D eigenvalue weighted by atomic mass is 9.82. The van der Waals surface area contributed by atoms with E-state index in [-0.39, 0.29) is 30.2 Å². The lowest BCUT2D eigenvalue weighted by molar-refractivity contribution is -0.138. The molecule has 1 aliphatic rings. The predicted molar refractivity (Wildman–Crippen MR) is 149 cm³/mol. The van der Waals surface area contributed by atoms with Crippen molar-refractivity contribution < 1.29 is 31.5 Å². The highest BCUT2D eigenvalue weighted by molar-refractivity contribution is 6.09. The van der Waals surface area contributed by atoms with E-state index in [0.29, 0.717) is 16.7 Å². The molecule has 0 aromatic heterocycles. The van der Waals surface area contributed by atoms with E-state index in [9.17, 15) is 31.5 Å². The maximum absolute atomic E-state index is 14.0. The maximum atomic E-state index is 14.0. The summed E-state index contributed by atoms with van der Waals surface area (Å²) in [6.45, 7) is -0.374. The molecule has 1 heterocycles. The molecule has 2 amide bonds. The van der Waals surface area contributed by atoms with Gasteiger partial charge in [-0.1, -0.05) is 54.6 Å². The number of aliphatic imine (C=N–C) groups is 1. The molecule has 0 radical (unpaired) electrons. The van der Waals surface area contributed by atoms with E-state index in [1.54, 1.807) is 12.1 Å². The van der Waals surface area contributed by atoms with Crippen LogP contribution in [0.5, 0.6) is 0 Å². The van der Waals surface area contributed by atoms with E-state index < -0.39 is 40.7 Å². The van der Waals surface area contributed by atoms with Crippen LogP contribution in [0, 0.1) is 11.6 Å². The summed E-state index contributed by atoms with van der Waals surface area (Å²) in [7, 11) is 1.40. The number of rotatable bonds is 7. The van der Waals surface area contributed by atoms with Crippen molar-refractivity contribution in [3.8, 4) is 0 Å². The van der Waals surface area contributed by atoms with Crippen molar-refractivity contribution in [3.05, 3.63) is 142 Å². The Labute approximate surface area is 243 Å². The Kier molecular flexibility index (Phi) is 7.74. The number of alkyl halides is 3. The van der Waals surface area contributed by atoms with Gasteiger partial charge in [0, 0.05) is 19.2 Å². The zero-order valence-electron chi connectivity index (χ0n) is 22.8. The minimum atomic E-state index is -4.57. The van der Waals surface area contributed by atoms with Crippen LogP contribution in [-0.2, 0) is 29.6 Å². The largest absolute Gasteiger partial charge is 0.416 e. The molecular weight excluding hydrogens is 567 g/mol. The van der Waals surface area contributed by atoms with Crippen LogP contribution in [0.25, 0.3) is 0 Å². The first-order valence-electron chi connectivity index (χ1n) is 13.1. The summed E-state index contributed by atoms with van der Waals surface area (Å²) in [6.07, 6.45) is -4.57. The van der Waals surface area contributed by atoms with Crippen molar-refractivity contribution in [1.82, 2.24) is 9.80 Å². The second kappa shape index (κ2) is 11.3. The van der Waals surface area contributed by atoms with Gasteiger partial charge in [0.25, 0.3) is 11.8 Å². The molecule has 220 valence electrons. The molecule has 0 spiro atoms. The molecule has 0 saturated carbocycles. The first-order valence-corrected chi connectivity index (χ1v) is 13.1.